The number of nitrogens with one attached hydrogen (secondary N) is 1. The molecule has 5 rings (SSSR count). The normalized spacial score (nSPS) is 15.9. The summed E-state index contributed by atoms with van der Waals surface area (Å²) in [6.07, 6.45) is 8.82. The monoisotopic (exact) mass is 621 g/mol. The maximum Gasteiger partial charge on any atom is 0.349 e. The number of nitrogens with zero attached hydrogens (tertiary/aromatic N) is 2. The molecule has 1 aromatic carbocycles. The average Bonchev–Trinajstić information content (AvgIpc) is 3.43. The first kappa shape index (κ1) is 32.1. The van der Waals surface area contributed by atoms with E-state index in [-0.39, 0.29) is 34.5 Å². The Hall–Kier alpha value is -4.28. The largest absolute Gasteiger partial charge is 0.465 e. The van der Waals surface area contributed by atoms with Crippen molar-refractivity contribution in [1.29, 1.82) is 0 Å². The van der Waals surface area contributed by atoms with Gasteiger partial charge in [0.1, 0.15) is 22.3 Å². The van der Waals surface area contributed by atoms with E-state index in [9.17, 15) is 19.2 Å². The molecule has 11 heteroatoms. The highest BCUT2D eigenvalue weighted by atomic mass is 16.5. The van der Waals surface area contributed by atoms with Gasteiger partial charge in [-0.3, -0.25) is 9.69 Å². The fraction of sp³-hybridized carbons (Fsp3) is 0.529. The van der Waals surface area contributed by atoms with Crippen LogP contribution in [0.1, 0.15) is 109 Å². The molecule has 2 aliphatic carbocycles. The first-order valence-electron chi connectivity index (χ1n) is 16.1. The van der Waals surface area contributed by atoms with Crippen LogP contribution in [-0.2, 0) is 9.47 Å². The van der Waals surface area contributed by atoms with Crippen molar-refractivity contribution in [2.24, 2.45) is 0 Å². The number of carbonyl (C=O) groups excluding carboxylic acids is 3. The number of anilines is 3. The lowest BCUT2D eigenvalue weighted by molar-refractivity contribution is 0.0557. The predicted molar refractivity (Wildman–Crippen MR) is 172 cm³/mol. The first-order valence-corrected chi connectivity index (χ1v) is 16.1. The molecule has 0 bridgehead atoms. The van der Waals surface area contributed by atoms with E-state index in [1.807, 2.05) is 26.0 Å². The van der Waals surface area contributed by atoms with Crippen LogP contribution in [0.3, 0.4) is 0 Å². The summed E-state index contributed by atoms with van der Waals surface area (Å²) in [5, 5.41) is 3.89. The Balaban J connectivity index is 1.65. The Morgan fingerprint density at radius 1 is 0.844 bits per heavy atom. The lowest BCUT2D eigenvalue weighted by Gasteiger charge is -2.33. The number of hydrogen-bond acceptors (Lipinski definition) is 10. The zero-order valence-electron chi connectivity index (χ0n) is 26.6. The van der Waals surface area contributed by atoms with Crippen LogP contribution in [0.4, 0.5) is 17.5 Å². The van der Waals surface area contributed by atoms with Gasteiger partial charge in [0.2, 0.25) is 11.8 Å². The van der Waals surface area contributed by atoms with Gasteiger partial charge in [-0.05, 0) is 57.7 Å². The van der Waals surface area contributed by atoms with Gasteiger partial charge in [0.25, 0.3) is 5.91 Å². The molecule has 11 nitrogen and oxygen atoms in total. The Kier molecular flexibility index (Phi) is 10.1. The molecule has 2 aliphatic rings. The number of esters is 2. The second-order valence-corrected chi connectivity index (χ2v) is 11.8. The lowest BCUT2D eigenvalue weighted by Crippen LogP contribution is -2.44. The van der Waals surface area contributed by atoms with Crippen LogP contribution < -0.4 is 20.7 Å². The Morgan fingerprint density at radius 2 is 1.47 bits per heavy atom. The quantitative estimate of drug-likeness (QED) is 0.197. The number of carbonyl (C=O) groups is 3. The Labute approximate surface area is 262 Å². The smallest absolute Gasteiger partial charge is 0.349 e. The third-order valence-electron chi connectivity index (χ3n) is 9.07. The van der Waals surface area contributed by atoms with Gasteiger partial charge in [0.05, 0.1) is 14.2 Å². The second-order valence-electron chi connectivity index (χ2n) is 11.8. The van der Waals surface area contributed by atoms with Crippen molar-refractivity contribution in [3.05, 3.63) is 51.4 Å². The van der Waals surface area contributed by atoms with E-state index in [2.05, 4.69) is 10.2 Å². The maximum absolute atomic E-state index is 14.5. The molecule has 2 fully saturated rings. The van der Waals surface area contributed by atoms with Crippen molar-refractivity contribution in [1.82, 2.24) is 0 Å². The molecule has 3 aromatic rings. The molecule has 1 N–H and O–H groups in total. The van der Waals surface area contributed by atoms with Crippen molar-refractivity contribution < 1.29 is 32.7 Å². The van der Waals surface area contributed by atoms with Crippen LogP contribution in [0.15, 0.2) is 37.9 Å². The van der Waals surface area contributed by atoms with Crippen molar-refractivity contribution in [3.8, 4) is 0 Å². The summed E-state index contributed by atoms with van der Waals surface area (Å²) < 4.78 is 22.2. The molecular weight excluding hydrogens is 578 g/mol. The van der Waals surface area contributed by atoms with Gasteiger partial charge in [-0.25, -0.2) is 14.4 Å². The van der Waals surface area contributed by atoms with Crippen molar-refractivity contribution in [3.63, 3.8) is 0 Å². The Bertz CT molecular complexity index is 1590. The second kappa shape index (κ2) is 14.2. The number of methoxy groups -OCH3 is 2. The lowest BCUT2D eigenvalue weighted by atomic mass is 9.93. The van der Waals surface area contributed by atoms with Gasteiger partial charge < -0.3 is 28.5 Å². The minimum atomic E-state index is -0.853. The minimum absolute atomic E-state index is 0.0132. The summed E-state index contributed by atoms with van der Waals surface area (Å²) in [6.45, 7) is 5.67. The molecule has 2 saturated carbocycles. The molecule has 1 amide bonds. The minimum Gasteiger partial charge on any atom is -0.465 e. The van der Waals surface area contributed by atoms with E-state index in [1.54, 1.807) is 6.07 Å². The molecule has 242 valence electrons. The molecule has 2 aromatic heterocycles. The maximum atomic E-state index is 14.5. The first-order chi connectivity index (χ1) is 21.8. The zero-order valence-corrected chi connectivity index (χ0v) is 26.6. The SMILES string of the molecule is CCN(CC)c1ccc2cc(C(=O)N(c3oc(NC4CCCCC4)c(C(=O)OC)c3C(=O)OC)C3CCCCC3)c(=O)oc2c1. The number of amides is 1. The molecule has 0 radical (unpaired) electrons. The highest BCUT2D eigenvalue weighted by molar-refractivity contribution is 6.14. The van der Waals surface area contributed by atoms with Gasteiger partial charge in [-0.2, -0.15) is 0 Å². The predicted octanol–water partition coefficient (Wildman–Crippen LogP) is 6.53. The molecule has 0 atom stereocenters. The van der Waals surface area contributed by atoms with E-state index in [4.69, 9.17) is 18.3 Å². The van der Waals surface area contributed by atoms with E-state index in [1.165, 1.54) is 25.2 Å². The van der Waals surface area contributed by atoms with Crippen molar-refractivity contribution in [2.45, 2.75) is 90.1 Å². The molecule has 45 heavy (non-hydrogen) atoms. The number of furan rings is 1. The van der Waals surface area contributed by atoms with Gasteiger partial charge in [0.15, 0.2) is 0 Å². The van der Waals surface area contributed by atoms with Crippen LogP contribution in [0.25, 0.3) is 11.0 Å². The summed E-state index contributed by atoms with van der Waals surface area (Å²) >= 11 is 0. The van der Waals surface area contributed by atoms with Crippen LogP contribution in [0.5, 0.6) is 0 Å². The number of ether oxygens (including phenoxy) is 2. The van der Waals surface area contributed by atoms with Crippen LogP contribution in [0.2, 0.25) is 0 Å². The standard InChI is InChI=1S/C34H43N3O8/c1-5-36(6-2)24-18-17-21-19-25(32(39)44-26(21)20-24)30(38)37(23-15-11-8-12-16-23)31-28(34(41)43-4)27(33(40)42-3)29(45-31)35-22-13-9-7-10-14-22/h17-20,22-23,35H,5-16H2,1-4H3. The molecule has 0 spiro atoms. The fourth-order valence-corrected chi connectivity index (χ4v) is 6.64. The topological polar surface area (TPSA) is 132 Å². The highest BCUT2D eigenvalue weighted by Crippen LogP contribution is 2.40. The van der Waals surface area contributed by atoms with Crippen LogP contribution in [-0.4, -0.2) is 57.2 Å². The number of benzene rings is 1. The molecule has 0 unspecified atom stereocenters. The number of hydrogen-bond donors (Lipinski definition) is 1. The Morgan fingerprint density at radius 3 is 2.09 bits per heavy atom. The molecule has 2 heterocycles. The summed E-state index contributed by atoms with van der Waals surface area (Å²) in [4.78, 5) is 58.0. The van der Waals surface area contributed by atoms with Gasteiger partial charge >= 0.3 is 17.6 Å². The molecule has 0 saturated heterocycles. The molecule has 0 aliphatic heterocycles. The third-order valence-corrected chi connectivity index (χ3v) is 9.07. The van der Waals surface area contributed by atoms with Crippen molar-refractivity contribution >= 4 is 46.3 Å². The van der Waals surface area contributed by atoms with Crippen LogP contribution >= 0.6 is 0 Å². The van der Waals surface area contributed by atoms with E-state index in [0.29, 0.717) is 23.8 Å². The number of fused-ring (bicyclic) bond motifs is 1. The third kappa shape index (κ3) is 6.57. The summed E-state index contributed by atoms with van der Waals surface area (Å²) in [6, 6.07) is 6.69. The highest BCUT2D eigenvalue weighted by Gasteiger charge is 2.40. The van der Waals surface area contributed by atoms with E-state index < -0.39 is 29.5 Å². The fourth-order valence-electron chi connectivity index (χ4n) is 6.64. The van der Waals surface area contributed by atoms with Gasteiger partial charge in [-0.1, -0.05) is 38.5 Å². The van der Waals surface area contributed by atoms with Crippen LogP contribution in [0, 0.1) is 0 Å². The van der Waals surface area contributed by atoms with Gasteiger partial charge in [0, 0.05) is 42.3 Å². The van der Waals surface area contributed by atoms with E-state index in [0.717, 1.165) is 70.1 Å². The summed E-state index contributed by atoms with van der Waals surface area (Å²) in [7, 11) is 2.42. The van der Waals surface area contributed by atoms with Crippen molar-refractivity contribution in [2.75, 3.05) is 42.4 Å². The van der Waals surface area contributed by atoms with Gasteiger partial charge in [-0.15, -0.1) is 0 Å². The zero-order chi connectivity index (χ0) is 32.1. The number of rotatable bonds is 10. The summed E-state index contributed by atoms with van der Waals surface area (Å²) in [5.74, 6) is -2.42. The van der Waals surface area contributed by atoms with E-state index >= 15 is 0 Å². The molecular formula is C34H43N3O8. The average molecular weight is 622 g/mol. The summed E-state index contributed by atoms with van der Waals surface area (Å²) in [5.41, 5.74) is -0.0681.